The minimum atomic E-state index is 0.902. The summed E-state index contributed by atoms with van der Waals surface area (Å²) in [5.41, 5.74) is 6.26. The lowest BCUT2D eigenvalue weighted by Gasteiger charge is -2.12. The van der Waals surface area contributed by atoms with E-state index >= 15 is 0 Å². The Morgan fingerprint density at radius 3 is 2.00 bits per heavy atom. The molecule has 6 aromatic carbocycles. The summed E-state index contributed by atoms with van der Waals surface area (Å²) in [6.07, 6.45) is 0. The average molecular weight is 595 g/mol. The van der Waals surface area contributed by atoms with Crippen molar-refractivity contribution in [3.05, 3.63) is 133 Å². The largest absolute Gasteiger partial charge is 0.245 e. The van der Waals surface area contributed by atoms with Gasteiger partial charge in [-0.1, -0.05) is 97.1 Å². The van der Waals surface area contributed by atoms with E-state index in [1.165, 1.54) is 67.6 Å². The van der Waals surface area contributed by atoms with Crippen LogP contribution in [-0.2, 0) is 0 Å². The summed E-state index contributed by atoms with van der Waals surface area (Å²) in [6, 6.07) is 48.2. The number of hydrogen-bond acceptors (Lipinski definition) is 4. The molecule has 204 valence electrons. The molecule has 0 saturated heterocycles. The van der Waals surface area contributed by atoms with E-state index in [1.807, 2.05) is 22.7 Å². The van der Waals surface area contributed by atoms with Crippen molar-refractivity contribution < 1.29 is 0 Å². The van der Waals surface area contributed by atoms with Gasteiger partial charge in [0.1, 0.15) is 0 Å². The van der Waals surface area contributed by atoms with Crippen LogP contribution in [0.3, 0.4) is 0 Å². The van der Waals surface area contributed by atoms with Crippen molar-refractivity contribution in [2.45, 2.75) is 0 Å². The highest BCUT2D eigenvalue weighted by Crippen LogP contribution is 2.44. The maximum absolute atomic E-state index is 5.40. The van der Waals surface area contributed by atoms with E-state index in [-0.39, 0.29) is 0 Å². The van der Waals surface area contributed by atoms with Gasteiger partial charge in [-0.25, -0.2) is 9.97 Å². The van der Waals surface area contributed by atoms with Crippen molar-refractivity contribution in [1.82, 2.24) is 9.97 Å². The number of thiophene rings is 2. The van der Waals surface area contributed by atoms with E-state index in [0.717, 1.165) is 27.8 Å². The Morgan fingerprint density at radius 1 is 0.432 bits per heavy atom. The molecule has 10 aromatic rings. The van der Waals surface area contributed by atoms with E-state index in [9.17, 15) is 0 Å². The third-order valence-corrected chi connectivity index (χ3v) is 11.2. The number of aromatic nitrogens is 2. The maximum atomic E-state index is 5.40. The fourth-order valence-electron chi connectivity index (χ4n) is 6.74. The highest BCUT2D eigenvalue weighted by Gasteiger charge is 2.19. The van der Waals surface area contributed by atoms with Crippen molar-refractivity contribution in [2.75, 3.05) is 0 Å². The smallest absolute Gasteiger partial charge is 0.0972 e. The molecule has 0 saturated carbocycles. The first-order valence-corrected chi connectivity index (χ1v) is 16.4. The van der Waals surface area contributed by atoms with Crippen LogP contribution in [-0.4, -0.2) is 9.97 Å². The molecule has 0 amide bonds. The zero-order valence-corrected chi connectivity index (χ0v) is 25.0. The number of benzene rings is 6. The van der Waals surface area contributed by atoms with Crippen molar-refractivity contribution >= 4 is 95.6 Å². The minimum Gasteiger partial charge on any atom is -0.245 e. The second-order valence-corrected chi connectivity index (χ2v) is 13.5. The Hall–Kier alpha value is -5.16. The normalized spacial score (nSPS) is 12.1. The number of fused-ring (bicyclic) bond motifs is 10. The highest BCUT2D eigenvalue weighted by atomic mass is 32.1. The topological polar surface area (TPSA) is 25.8 Å². The van der Waals surface area contributed by atoms with Gasteiger partial charge in [0.2, 0.25) is 0 Å². The predicted octanol–water partition coefficient (Wildman–Crippen LogP) is 12.0. The van der Waals surface area contributed by atoms with Crippen molar-refractivity contribution in [3.8, 4) is 22.5 Å². The molecule has 0 spiro atoms. The van der Waals surface area contributed by atoms with E-state index in [1.54, 1.807) is 0 Å². The number of pyridine rings is 2. The van der Waals surface area contributed by atoms with Gasteiger partial charge in [0.15, 0.2) is 0 Å². The Kier molecular flexibility index (Phi) is 5.06. The molecule has 0 N–H and O–H groups in total. The molecule has 2 nitrogen and oxygen atoms in total. The van der Waals surface area contributed by atoms with Crippen LogP contribution in [0.5, 0.6) is 0 Å². The third kappa shape index (κ3) is 3.53. The Bertz CT molecular complexity index is 2790. The first-order chi connectivity index (χ1) is 21.8. The molecule has 0 aliphatic heterocycles. The van der Waals surface area contributed by atoms with Gasteiger partial charge in [0.05, 0.1) is 27.1 Å². The lowest BCUT2D eigenvalue weighted by atomic mass is 9.97. The molecule has 44 heavy (non-hydrogen) atoms. The molecular weight excluding hydrogens is 573 g/mol. The average Bonchev–Trinajstić information content (AvgIpc) is 3.64. The first kappa shape index (κ1) is 24.3. The Balaban J connectivity index is 1.31. The summed E-state index contributed by atoms with van der Waals surface area (Å²) in [6.45, 7) is 0. The van der Waals surface area contributed by atoms with Crippen LogP contribution < -0.4 is 0 Å². The van der Waals surface area contributed by atoms with Crippen LogP contribution >= 0.6 is 22.7 Å². The highest BCUT2D eigenvalue weighted by molar-refractivity contribution is 7.26. The SMILES string of the molecule is c1ccc2cc(-c3cc(-c4nc5cc6sc7ccccc7c6cc5c5ccccc45)nc4c3sc3ccccc34)ccc2c1. The van der Waals surface area contributed by atoms with Gasteiger partial charge in [-0.05, 0) is 58.1 Å². The fourth-order valence-corrected chi connectivity index (χ4v) is 9.04. The predicted molar refractivity (Wildman–Crippen MR) is 191 cm³/mol. The molecule has 0 bridgehead atoms. The van der Waals surface area contributed by atoms with E-state index in [0.29, 0.717) is 0 Å². The standard InChI is InChI=1S/C40H22N2S2/c1-2-10-24-19-25(18-17-23(24)9-1)30-21-34(42-39-29-14-6-8-16-36(29)44-40(30)39)38-28-13-4-3-11-26(28)31-20-32-27-12-5-7-15-35(27)43-37(32)22-33(31)41-38/h1-22H. The summed E-state index contributed by atoms with van der Waals surface area (Å²) in [5.74, 6) is 0. The molecule has 4 heterocycles. The second kappa shape index (κ2) is 9.17. The molecule has 0 radical (unpaired) electrons. The van der Waals surface area contributed by atoms with Gasteiger partial charge in [0, 0.05) is 46.6 Å². The van der Waals surface area contributed by atoms with Crippen LogP contribution in [0.4, 0.5) is 0 Å². The summed E-state index contributed by atoms with van der Waals surface area (Å²) in [4.78, 5) is 10.8. The minimum absolute atomic E-state index is 0.902. The zero-order valence-electron chi connectivity index (χ0n) is 23.4. The van der Waals surface area contributed by atoms with Gasteiger partial charge in [-0.2, -0.15) is 0 Å². The molecule has 0 unspecified atom stereocenters. The molecule has 0 aliphatic carbocycles. The van der Waals surface area contributed by atoms with E-state index in [4.69, 9.17) is 9.97 Å². The number of hydrogen-bond donors (Lipinski definition) is 0. The summed E-state index contributed by atoms with van der Waals surface area (Å²) >= 11 is 3.65. The lowest BCUT2D eigenvalue weighted by Crippen LogP contribution is -1.94. The zero-order chi connectivity index (χ0) is 28.8. The maximum Gasteiger partial charge on any atom is 0.0972 e. The molecule has 0 fully saturated rings. The molecule has 10 rings (SSSR count). The van der Waals surface area contributed by atoms with Gasteiger partial charge >= 0.3 is 0 Å². The summed E-state index contributed by atoms with van der Waals surface area (Å²) in [7, 11) is 0. The number of rotatable bonds is 2. The Morgan fingerprint density at radius 2 is 1.14 bits per heavy atom. The lowest BCUT2D eigenvalue weighted by molar-refractivity contribution is 1.35. The first-order valence-electron chi connectivity index (χ1n) is 14.7. The van der Waals surface area contributed by atoms with Crippen LogP contribution in [0.2, 0.25) is 0 Å². The van der Waals surface area contributed by atoms with Gasteiger partial charge in [-0.3, -0.25) is 0 Å². The quantitative estimate of drug-likeness (QED) is 0.186. The van der Waals surface area contributed by atoms with Crippen molar-refractivity contribution in [1.29, 1.82) is 0 Å². The molecular formula is C40H22N2S2. The summed E-state index contributed by atoms with van der Waals surface area (Å²) in [5, 5.41) is 9.77. The van der Waals surface area contributed by atoms with Crippen LogP contribution in [0.1, 0.15) is 0 Å². The Labute approximate surface area is 260 Å². The van der Waals surface area contributed by atoms with Crippen molar-refractivity contribution in [3.63, 3.8) is 0 Å². The second-order valence-electron chi connectivity index (χ2n) is 11.4. The third-order valence-electron chi connectivity index (χ3n) is 8.83. The van der Waals surface area contributed by atoms with Crippen LogP contribution in [0.25, 0.3) is 95.4 Å². The molecule has 0 atom stereocenters. The summed E-state index contributed by atoms with van der Waals surface area (Å²) < 4.78 is 5.02. The molecule has 4 aromatic heterocycles. The van der Waals surface area contributed by atoms with Gasteiger partial charge in [0.25, 0.3) is 0 Å². The van der Waals surface area contributed by atoms with Crippen LogP contribution in [0, 0.1) is 0 Å². The monoisotopic (exact) mass is 594 g/mol. The van der Waals surface area contributed by atoms with Gasteiger partial charge < -0.3 is 0 Å². The van der Waals surface area contributed by atoms with Crippen LogP contribution in [0.15, 0.2) is 133 Å². The van der Waals surface area contributed by atoms with E-state index < -0.39 is 0 Å². The molecule has 0 aliphatic rings. The molecule has 4 heteroatoms. The fraction of sp³-hybridized carbons (Fsp3) is 0. The van der Waals surface area contributed by atoms with Crippen molar-refractivity contribution in [2.24, 2.45) is 0 Å². The van der Waals surface area contributed by atoms with Gasteiger partial charge in [-0.15, -0.1) is 22.7 Å². The number of nitrogens with zero attached hydrogens (tertiary/aromatic N) is 2. The van der Waals surface area contributed by atoms with E-state index in [2.05, 4.69) is 133 Å².